The van der Waals surface area contributed by atoms with Gasteiger partial charge in [0.15, 0.2) is 0 Å². The van der Waals surface area contributed by atoms with Crippen molar-refractivity contribution in [3.63, 3.8) is 0 Å². The molecule has 0 aliphatic carbocycles. The van der Waals surface area contributed by atoms with E-state index in [1.54, 1.807) is 7.11 Å². The smallest absolute Gasteiger partial charge is 0.232 e. The first-order valence-corrected chi connectivity index (χ1v) is 3.64. The minimum atomic E-state index is 0.0385. The van der Waals surface area contributed by atoms with Crippen LogP contribution in [0.25, 0.3) is 0 Å². The van der Waals surface area contributed by atoms with Gasteiger partial charge in [0.05, 0.1) is 12.6 Å². The highest BCUT2D eigenvalue weighted by Gasteiger charge is 2.13. The molecule has 0 amide bonds. The molecule has 3 nitrogen and oxygen atoms in total. The predicted molar refractivity (Wildman–Crippen MR) is 43.8 cm³/mol. The summed E-state index contributed by atoms with van der Waals surface area (Å²) in [6.07, 6.45) is 1.92. The molecule has 3 heteroatoms. The average molecular weight is 154 g/mol. The molecule has 0 unspecified atom stereocenters. The summed E-state index contributed by atoms with van der Waals surface area (Å²) in [7, 11) is 1.62. The third kappa shape index (κ3) is 1.73. The molecule has 0 aliphatic rings. The van der Waals surface area contributed by atoms with Crippen LogP contribution in [0.3, 0.4) is 0 Å². The Morgan fingerprint density at radius 2 is 2.09 bits per heavy atom. The maximum absolute atomic E-state index is 4.96. The van der Waals surface area contributed by atoms with Crippen molar-refractivity contribution in [1.29, 1.82) is 0 Å². The van der Waals surface area contributed by atoms with Gasteiger partial charge in [0.25, 0.3) is 0 Å². The average Bonchev–Trinajstić information content (AvgIpc) is 2.32. The Balaban J connectivity index is 2.89. The summed E-state index contributed by atoms with van der Waals surface area (Å²) < 4.78 is 6.84. The van der Waals surface area contributed by atoms with Crippen LogP contribution in [0.5, 0.6) is 5.88 Å². The van der Waals surface area contributed by atoms with Crippen LogP contribution in [-0.2, 0) is 5.54 Å². The van der Waals surface area contributed by atoms with Crippen molar-refractivity contribution in [1.82, 2.24) is 9.78 Å². The molecular formula is C8H14N2O. The van der Waals surface area contributed by atoms with Crippen molar-refractivity contribution in [3.05, 3.63) is 12.3 Å². The van der Waals surface area contributed by atoms with Crippen LogP contribution in [0.4, 0.5) is 0 Å². The fourth-order valence-electron chi connectivity index (χ4n) is 0.790. The standard InChI is InChI=1S/C8H14N2O/c1-8(2,3)10-6-5-7(9-10)11-4/h5-6H,1-4H3. The molecule has 0 N–H and O–H groups in total. The summed E-state index contributed by atoms with van der Waals surface area (Å²) in [6, 6.07) is 1.85. The number of hydrogen-bond acceptors (Lipinski definition) is 2. The van der Waals surface area contributed by atoms with Crippen LogP contribution >= 0.6 is 0 Å². The first kappa shape index (κ1) is 8.11. The first-order chi connectivity index (χ1) is 5.04. The maximum atomic E-state index is 4.96. The summed E-state index contributed by atoms with van der Waals surface area (Å²) in [4.78, 5) is 0. The molecule has 0 atom stereocenters. The van der Waals surface area contributed by atoms with Crippen LogP contribution in [-0.4, -0.2) is 16.9 Å². The van der Waals surface area contributed by atoms with Gasteiger partial charge in [0.1, 0.15) is 0 Å². The minimum absolute atomic E-state index is 0.0385. The summed E-state index contributed by atoms with van der Waals surface area (Å²) in [5.41, 5.74) is 0.0385. The second-order valence-corrected chi connectivity index (χ2v) is 3.47. The molecule has 0 spiro atoms. The van der Waals surface area contributed by atoms with Crippen molar-refractivity contribution in [2.75, 3.05) is 7.11 Å². The van der Waals surface area contributed by atoms with Gasteiger partial charge in [0.2, 0.25) is 5.88 Å². The highest BCUT2D eigenvalue weighted by molar-refractivity contribution is 5.06. The molecule has 0 fully saturated rings. The van der Waals surface area contributed by atoms with E-state index in [4.69, 9.17) is 4.74 Å². The maximum Gasteiger partial charge on any atom is 0.232 e. The molecule has 0 bridgehead atoms. The number of hydrogen-bond donors (Lipinski definition) is 0. The van der Waals surface area contributed by atoms with Gasteiger partial charge in [0, 0.05) is 12.3 Å². The number of ether oxygens (including phenoxy) is 1. The zero-order chi connectivity index (χ0) is 8.48. The van der Waals surface area contributed by atoms with E-state index in [2.05, 4.69) is 25.9 Å². The molecule has 0 radical (unpaired) electrons. The normalized spacial score (nSPS) is 11.6. The van der Waals surface area contributed by atoms with Crippen molar-refractivity contribution in [2.24, 2.45) is 0 Å². The molecule has 0 saturated heterocycles. The van der Waals surface area contributed by atoms with Crippen LogP contribution in [0.15, 0.2) is 12.3 Å². The SMILES string of the molecule is COc1ccn(C(C)(C)C)n1. The van der Waals surface area contributed by atoms with Crippen molar-refractivity contribution >= 4 is 0 Å². The summed E-state index contributed by atoms with van der Waals surface area (Å²) in [6.45, 7) is 6.29. The van der Waals surface area contributed by atoms with E-state index in [0.717, 1.165) is 0 Å². The van der Waals surface area contributed by atoms with Gasteiger partial charge in [-0.25, -0.2) is 0 Å². The lowest BCUT2D eigenvalue weighted by Crippen LogP contribution is -2.22. The lowest BCUT2D eigenvalue weighted by molar-refractivity contribution is 0.329. The minimum Gasteiger partial charge on any atom is -0.480 e. The number of nitrogens with zero attached hydrogens (tertiary/aromatic N) is 2. The molecule has 0 saturated carbocycles. The summed E-state index contributed by atoms with van der Waals surface area (Å²) >= 11 is 0. The molecule has 1 rings (SSSR count). The van der Waals surface area contributed by atoms with Crippen molar-refractivity contribution < 1.29 is 4.74 Å². The lowest BCUT2D eigenvalue weighted by atomic mass is 10.1. The van der Waals surface area contributed by atoms with E-state index >= 15 is 0 Å². The Hall–Kier alpha value is -0.990. The second-order valence-electron chi connectivity index (χ2n) is 3.47. The van der Waals surface area contributed by atoms with E-state index < -0.39 is 0 Å². The lowest BCUT2D eigenvalue weighted by Gasteiger charge is -2.18. The van der Waals surface area contributed by atoms with Gasteiger partial charge in [-0.1, -0.05) is 0 Å². The van der Waals surface area contributed by atoms with E-state index in [0.29, 0.717) is 5.88 Å². The van der Waals surface area contributed by atoms with Crippen LogP contribution in [0, 0.1) is 0 Å². The quantitative estimate of drug-likeness (QED) is 0.615. The molecule has 0 aliphatic heterocycles. The van der Waals surface area contributed by atoms with E-state index in [9.17, 15) is 0 Å². The summed E-state index contributed by atoms with van der Waals surface area (Å²) in [5, 5.41) is 4.19. The molecular weight excluding hydrogens is 140 g/mol. The number of aromatic nitrogens is 2. The number of methoxy groups -OCH3 is 1. The highest BCUT2D eigenvalue weighted by Crippen LogP contribution is 2.15. The summed E-state index contributed by atoms with van der Waals surface area (Å²) in [5.74, 6) is 0.667. The van der Waals surface area contributed by atoms with Crippen LogP contribution in [0.1, 0.15) is 20.8 Å². The van der Waals surface area contributed by atoms with Gasteiger partial charge in [-0.2, -0.15) is 0 Å². The zero-order valence-electron chi connectivity index (χ0n) is 7.46. The van der Waals surface area contributed by atoms with Gasteiger partial charge < -0.3 is 4.74 Å². The molecule has 0 aromatic carbocycles. The predicted octanol–water partition coefficient (Wildman–Crippen LogP) is 1.65. The first-order valence-electron chi connectivity index (χ1n) is 3.64. The largest absolute Gasteiger partial charge is 0.480 e. The van der Waals surface area contributed by atoms with Gasteiger partial charge >= 0.3 is 0 Å². The Morgan fingerprint density at radius 1 is 1.45 bits per heavy atom. The van der Waals surface area contributed by atoms with Gasteiger partial charge in [-0.3, -0.25) is 4.68 Å². The third-order valence-corrected chi connectivity index (χ3v) is 1.46. The molecule has 11 heavy (non-hydrogen) atoms. The Labute approximate surface area is 67.0 Å². The fourth-order valence-corrected chi connectivity index (χ4v) is 0.790. The number of rotatable bonds is 1. The Kier molecular flexibility index (Phi) is 1.89. The molecule has 1 aromatic rings. The van der Waals surface area contributed by atoms with E-state index in [-0.39, 0.29) is 5.54 Å². The fraction of sp³-hybridized carbons (Fsp3) is 0.625. The third-order valence-electron chi connectivity index (χ3n) is 1.46. The zero-order valence-corrected chi connectivity index (χ0v) is 7.46. The monoisotopic (exact) mass is 154 g/mol. The van der Waals surface area contributed by atoms with Gasteiger partial charge in [-0.15, -0.1) is 5.10 Å². The van der Waals surface area contributed by atoms with E-state index in [1.165, 1.54) is 0 Å². The van der Waals surface area contributed by atoms with Crippen LogP contribution < -0.4 is 4.74 Å². The van der Waals surface area contributed by atoms with Crippen molar-refractivity contribution in [2.45, 2.75) is 26.3 Å². The van der Waals surface area contributed by atoms with Crippen molar-refractivity contribution in [3.8, 4) is 5.88 Å². The topological polar surface area (TPSA) is 27.1 Å². The molecule has 62 valence electrons. The second kappa shape index (κ2) is 2.57. The molecule has 1 heterocycles. The Morgan fingerprint density at radius 3 is 2.36 bits per heavy atom. The van der Waals surface area contributed by atoms with E-state index in [1.807, 2.05) is 16.9 Å². The van der Waals surface area contributed by atoms with Gasteiger partial charge in [-0.05, 0) is 20.8 Å². The highest BCUT2D eigenvalue weighted by atomic mass is 16.5. The molecule has 1 aromatic heterocycles. The Bertz CT molecular complexity index is 234. The van der Waals surface area contributed by atoms with Crippen LogP contribution in [0.2, 0.25) is 0 Å².